The Balaban J connectivity index is -0.0000000429. The second-order valence-electron chi connectivity index (χ2n) is 10.0. The molecule has 0 aromatic heterocycles. The smallest absolute Gasteiger partial charge is 0.0183 e. The first kappa shape index (κ1) is 73.4. The van der Waals surface area contributed by atoms with E-state index in [2.05, 4.69) is 102 Å². The Morgan fingerprint density at radius 1 is 0.689 bits per heavy atom. The number of benzene rings is 2. The van der Waals surface area contributed by atoms with Crippen LogP contribution >= 0.6 is 0 Å². The first-order chi connectivity index (χ1) is 18.3. The maximum Gasteiger partial charge on any atom is 0.0183 e. The van der Waals surface area contributed by atoms with Gasteiger partial charge < -0.3 is 41.3 Å². The van der Waals surface area contributed by atoms with Crippen molar-refractivity contribution in [3.05, 3.63) is 90.7 Å². The van der Waals surface area contributed by atoms with Gasteiger partial charge in [0.15, 0.2) is 0 Å². The van der Waals surface area contributed by atoms with Crippen molar-refractivity contribution in [1.29, 1.82) is 0 Å². The summed E-state index contributed by atoms with van der Waals surface area (Å²) < 4.78 is 0. The van der Waals surface area contributed by atoms with Crippen LogP contribution in [0, 0.1) is 51.3 Å². The van der Waals surface area contributed by atoms with E-state index in [-0.39, 0.29) is 161 Å². The predicted octanol–water partition coefficient (Wildman–Crippen LogP) is 10.6. The van der Waals surface area contributed by atoms with Gasteiger partial charge in [-0.2, -0.15) is 102 Å². The topological polar surface area (TPSA) is 36.1 Å². The number of hydrogen-bond donors (Lipinski definition) is 3. The van der Waals surface area contributed by atoms with Crippen LogP contribution in [0.15, 0.2) is 42.1 Å². The molecule has 0 fully saturated rings. The molecular weight excluding hydrogens is 1290 g/mol. The van der Waals surface area contributed by atoms with Crippen molar-refractivity contribution >= 4 is 11.4 Å². The molecule has 3 N–H and O–H groups in total. The molecule has 3 nitrogen and oxygen atoms in total. The summed E-state index contributed by atoms with van der Waals surface area (Å²) in [5.41, 5.74) is 5.77. The van der Waals surface area contributed by atoms with Gasteiger partial charge in [-0.3, -0.25) is 0 Å². The maximum atomic E-state index is 3.33. The van der Waals surface area contributed by atoms with Crippen LogP contribution in [0.5, 0.6) is 0 Å². The number of nitrogens with one attached hydrogen (secondary N) is 3. The van der Waals surface area contributed by atoms with Crippen LogP contribution in [0.2, 0.25) is 0 Å². The Hall–Kier alpha value is 2.96. The summed E-state index contributed by atoms with van der Waals surface area (Å²) in [6, 6.07) is 20.0. The van der Waals surface area contributed by atoms with E-state index in [9.17, 15) is 0 Å². The molecule has 0 atom stereocenters. The van der Waals surface area contributed by atoms with Gasteiger partial charge in [0.2, 0.25) is 0 Å². The first-order valence-electron chi connectivity index (χ1n) is 14.3. The zero-order valence-electron chi connectivity index (χ0n) is 31.4. The number of allylic oxidation sites excluding steroid dienone is 2. The molecule has 0 bridgehead atoms. The summed E-state index contributed by atoms with van der Waals surface area (Å²) in [4.78, 5) is 0. The second kappa shape index (κ2) is 56.3. The van der Waals surface area contributed by atoms with Gasteiger partial charge >= 0.3 is 0 Å². The van der Waals surface area contributed by atoms with Gasteiger partial charge in [-0.25, -0.2) is 0 Å². The number of anilines is 2. The minimum Gasteiger partial charge on any atom is -0.480 e. The fourth-order valence-corrected chi connectivity index (χ4v) is 2.58. The molecule has 2 rings (SSSR count). The van der Waals surface area contributed by atoms with E-state index in [1.807, 2.05) is 98.9 Å². The molecule has 0 amide bonds. The molecule has 0 aliphatic rings. The normalized spacial score (nSPS) is 8.38. The first-order valence-corrected chi connectivity index (χ1v) is 14.3. The number of para-hydroxylation sites is 1. The number of hydrogen-bond acceptors (Lipinski definition) is 3. The quantitative estimate of drug-likeness (QED) is 0.252. The zero-order valence-corrected chi connectivity index (χ0v) is 48.7. The van der Waals surface area contributed by atoms with E-state index in [0.717, 1.165) is 17.1 Å². The van der Waals surface area contributed by atoms with Crippen molar-refractivity contribution in [2.24, 2.45) is 0 Å². The zero-order chi connectivity index (χ0) is 31.2. The van der Waals surface area contributed by atoms with Crippen LogP contribution < -0.4 is 16.0 Å². The molecule has 0 saturated heterocycles. The third kappa shape index (κ3) is 69.5. The van der Waals surface area contributed by atoms with E-state index in [1.54, 1.807) is 0 Å². The molecule has 45 heavy (non-hydrogen) atoms. The van der Waals surface area contributed by atoms with E-state index in [4.69, 9.17) is 0 Å². The number of aryl methyl sites for hydroxylation is 2. The predicted molar refractivity (Wildman–Crippen MR) is 181 cm³/mol. The summed E-state index contributed by atoms with van der Waals surface area (Å²) in [7, 11) is 0. The summed E-state index contributed by atoms with van der Waals surface area (Å²) >= 11 is 0. The fourth-order valence-electron chi connectivity index (χ4n) is 2.58. The molecule has 0 aliphatic heterocycles. The third-order valence-electron chi connectivity index (χ3n) is 3.63. The Bertz CT molecular complexity index is 769. The van der Waals surface area contributed by atoms with Gasteiger partial charge in [0.05, 0.1) is 0 Å². The average Bonchev–Trinajstić information content (AvgIpc) is 2.80. The van der Waals surface area contributed by atoms with Crippen molar-refractivity contribution in [1.82, 2.24) is 5.32 Å². The van der Waals surface area contributed by atoms with Gasteiger partial charge in [-0.05, 0) is 41.5 Å². The molecule has 255 valence electrons. The minimum atomic E-state index is 0. The second-order valence-corrected chi connectivity index (χ2v) is 10.0. The van der Waals surface area contributed by atoms with Crippen LogP contribution in [0.4, 0.5) is 11.4 Å². The molecule has 0 heterocycles. The average molecular weight is 1360 g/mol. The molecule has 0 saturated carbocycles. The molecule has 0 aliphatic carbocycles. The fraction of sp³-hybridized carbons (Fsp3) is 0.528. The van der Waals surface area contributed by atoms with Crippen molar-refractivity contribution in [2.45, 2.75) is 129 Å². The summed E-state index contributed by atoms with van der Waals surface area (Å²) in [6.45, 7) is 32.8. The number of rotatable bonds is 6. The molecule has 9 heteroatoms. The van der Waals surface area contributed by atoms with Crippen molar-refractivity contribution < 1.29 is 161 Å². The summed E-state index contributed by atoms with van der Waals surface area (Å²) in [6.07, 6.45) is 9.00. The van der Waals surface area contributed by atoms with Crippen LogP contribution in [0.25, 0.3) is 0 Å². The standard InChI is InChI=1S/C11H16N.C9H12N.C7H14N.3C3H7.3W.3Y/c1-8(2)12-11-6-9(3)5-10(4)7-11;1-8(2)10-9-6-4-3-5-7-9;1-5-7(4)8-6(2)3;3*1-3-2;;;;;;/h5-6,8,12H,1-4H3;3-6,8,10H,1-2H3;6,8H,1-4H3;3*3H,1-2H3;;;;;;/q6*-1;;;;;;. The molecule has 3 radical (unpaired) electrons. The Morgan fingerprint density at radius 3 is 1.36 bits per heavy atom. The van der Waals surface area contributed by atoms with Crippen LogP contribution in [0.1, 0.15) is 108 Å². The van der Waals surface area contributed by atoms with E-state index < -0.39 is 0 Å². The van der Waals surface area contributed by atoms with E-state index in [0.29, 0.717) is 18.1 Å². The Morgan fingerprint density at radius 2 is 1.09 bits per heavy atom. The van der Waals surface area contributed by atoms with E-state index >= 15 is 0 Å². The molecule has 0 spiro atoms. The van der Waals surface area contributed by atoms with E-state index in [1.165, 1.54) is 11.1 Å². The molecule has 2 aromatic carbocycles. The molecule has 0 unspecified atom stereocenters. The van der Waals surface area contributed by atoms with Gasteiger partial charge in [0.1, 0.15) is 0 Å². The van der Waals surface area contributed by atoms with Gasteiger partial charge in [-0.15, -0.1) is 12.1 Å². The van der Waals surface area contributed by atoms with Crippen LogP contribution in [-0.4, -0.2) is 18.1 Å². The van der Waals surface area contributed by atoms with Crippen LogP contribution in [-0.2, 0) is 161 Å². The minimum absolute atomic E-state index is 0. The Labute approximate surface area is 402 Å². The maximum absolute atomic E-state index is 3.33. The largest absolute Gasteiger partial charge is 0.480 e. The monoisotopic (exact) mass is 1360 g/mol. The van der Waals surface area contributed by atoms with Crippen molar-refractivity contribution in [2.75, 3.05) is 10.6 Å². The van der Waals surface area contributed by atoms with Gasteiger partial charge in [-0.1, -0.05) is 32.1 Å². The van der Waals surface area contributed by atoms with Crippen molar-refractivity contribution in [3.8, 4) is 0 Å². The summed E-state index contributed by atoms with van der Waals surface area (Å²) in [5.74, 6) is 0. The third-order valence-corrected chi connectivity index (χ3v) is 3.63. The van der Waals surface area contributed by atoms with Gasteiger partial charge in [0.25, 0.3) is 0 Å². The van der Waals surface area contributed by atoms with Crippen LogP contribution in [0.3, 0.4) is 0 Å². The SMILES string of the molecule is CC(C)Nc1[c-]cccc1.C[C-]=C(C)NC(C)C.C[CH-]C.C[CH-]C.C[CH-]C.Cc1[c-]c(NC(C)C)cc(C)c1.[W].[W].[W].[Y].[Y].[Y]. The van der Waals surface area contributed by atoms with Crippen molar-refractivity contribution in [3.63, 3.8) is 0 Å². The summed E-state index contributed by atoms with van der Waals surface area (Å²) in [5, 5.41) is 9.78. The molecular formula is C36H63N3W3Y3-6. The molecule has 2 aromatic rings. The Kier molecular flexibility index (Phi) is 91.9. The van der Waals surface area contributed by atoms with Gasteiger partial charge in [0, 0.05) is 179 Å².